The molecule has 0 bridgehead atoms. The van der Waals surface area contributed by atoms with Gasteiger partial charge in [0.25, 0.3) is 0 Å². The van der Waals surface area contributed by atoms with E-state index in [4.69, 9.17) is 9.84 Å². The Balaban J connectivity index is 2.35. The van der Waals surface area contributed by atoms with E-state index in [1.165, 1.54) is 0 Å². The molecule has 0 fully saturated rings. The van der Waals surface area contributed by atoms with Crippen molar-refractivity contribution in [1.29, 1.82) is 0 Å². The van der Waals surface area contributed by atoms with Gasteiger partial charge < -0.3 is 15.2 Å². The molecule has 1 atom stereocenters. The summed E-state index contributed by atoms with van der Waals surface area (Å²) < 4.78 is 4.80. The molecule has 0 radical (unpaired) electrons. The fraction of sp³-hybridized carbons (Fsp3) is 0.625. The summed E-state index contributed by atoms with van der Waals surface area (Å²) in [5, 5.41) is 11.6. The smallest absolute Gasteiger partial charge is 0.328 e. The van der Waals surface area contributed by atoms with Crippen LogP contribution in [0.15, 0.2) is 11.8 Å². The summed E-state index contributed by atoms with van der Waals surface area (Å²) >= 11 is 0. The van der Waals surface area contributed by atoms with E-state index in [0.29, 0.717) is 13.0 Å². The first-order valence-electron chi connectivity index (χ1n) is 3.99. The third-order valence-corrected chi connectivity index (χ3v) is 1.73. The van der Waals surface area contributed by atoms with Crippen LogP contribution < -0.4 is 5.32 Å². The van der Waals surface area contributed by atoms with Gasteiger partial charge in [-0.05, 0) is 18.7 Å². The van der Waals surface area contributed by atoms with Gasteiger partial charge in [0, 0.05) is 6.42 Å². The van der Waals surface area contributed by atoms with E-state index in [2.05, 4.69) is 5.32 Å². The van der Waals surface area contributed by atoms with Crippen molar-refractivity contribution in [3.63, 3.8) is 0 Å². The molecule has 1 unspecified atom stereocenters. The van der Waals surface area contributed by atoms with Crippen molar-refractivity contribution in [3.05, 3.63) is 11.8 Å². The Morgan fingerprint density at radius 1 is 1.92 bits per heavy atom. The molecule has 0 aliphatic carbocycles. The molecule has 0 saturated heterocycles. The van der Waals surface area contributed by atoms with Gasteiger partial charge in [-0.15, -0.1) is 0 Å². The number of ether oxygens (including phenoxy) is 1. The first-order chi connectivity index (χ1) is 5.77. The highest BCUT2D eigenvalue weighted by Crippen LogP contribution is 2.12. The number of aliphatic hydroxyl groups excluding tert-OH is 1. The van der Waals surface area contributed by atoms with E-state index < -0.39 is 0 Å². The van der Waals surface area contributed by atoms with Gasteiger partial charge in [-0.2, -0.15) is 0 Å². The van der Waals surface area contributed by atoms with E-state index in [-0.39, 0.29) is 18.6 Å². The van der Waals surface area contributed by atoms with Gasteiger partial charge >= 0.3 is 5.97 Å². The van der Waals surface area contributed by atoms with Gasteiger partial charge in [0.15, 0.2) is 0 Å². The zero-order valence-electron chi connectivity index (χ0n) is 7.04. The number of carbonyl (C=O) groups is 1. The highest BCUT2D eigenvalue weighted by molar-refractivity contribution is 5.77. The lowest BCUT2D eigenvalue weighted by Gasteiger charge is -2.09. The molecule has 0 aromatic rings. The minimum absolute atomic E-state index is 0.00288. The lowest BCUT2D eigenvalue weighted by molar-refractivity contribution is -0.145. The van der Waals surface area contributed by atoms with Crippen molar-refractivity contribution in [3.8, 4) is 0 Å². The van der Waals surface area contributed by atoms with E-state index >= 15 is 0 Å². The molecule has 1 heterocycles. The van der Waals surface area contributed by atoms with E-state index in [1.54, 1.807) is 13.1 Å². The Hall–Kier alpha value is -1.03. The zero-order chi connectivity index (χ0) is 8.97. The highest BCUT2D eigenvalue weighted by Gasteiger charge is 2.23. The zero-order valence-corrected chi connectivity index (χ0v) is 7.04. The predicted molar refractivity (Wildman–Crippen MR) is 43.3 cm³/mol. The average Bonchev–Trinajstić information content (AvgIpc) is 2.52. The van der Waals surface area contributed by atoms with Gasteiger partial charge in [0.2, 0.25) is 0 Å². The summed E-state index contributed by atoms with van der Waals surface area (Å²) in [5.41, 5.74) is 0.841. The number of aliphatic hydroxyl groups is 1. The third-order valence-electron chi connectivity index (χ3n) is 1.73. The molecule has 0 aromatic carbocycles. The van der Waals surface area contributed by atoms with Crippen molar-refractivity contribution in [2.75, 3.05) is 13.2 Å². The van der Waals surface area contributed by atoms with Gasteiger partial charge in [-0.25, -0.2) is 4.79 Å². The molecule has 0 saturated carbocycles. The standard InChI is InChI=1S/C8H13NO3/c1-2-12-8(11)7-3-6(5-10)4-9-7/h4,7,9-10H,2-3,5H2,1H3. The average molecular weight is 171 g/mol. The number of nitrogens with one attached hydrogen (secondary N) is 1. The normalized spacial score (nSPS) is 21.5. The second-order valence-corrected chi connectivity index (χ2v) is 2.64. The Morgan fingerprint density at radius 2 is 2.67 bits per heavy atom. The van der Waals surface area contributed by atoms with Gasteiger partial charge in [0.1, 0.15) is 6.04 Å². The Labute approximate surface area is 71.2 Å². The van der Waals surface area contributed by atoms with Gasteiger partial charge in [0.05, 0.1) is 13.2 Å². The Morgan fingerprint density at radius 3 is 3.17 bits per heavy atom. The number of esters is 1. The lowest BCUT2D eigenvalue weighted by atomic mass is 10.1. The molecular weight excluding hydrogens is 158 g/mol. The van der Waals surface area contributed by atoms with Crippen LogP contribution >= 0.6 is 0 Å². The van der Waals surface area contributed by atoms with Crippen molar-refractivity contribution < 1.29 is 14.6 Å². The molecule has 12 heavy (non-hydrogen) atoms. The predicted octanol–water partition coefficient (Wildman–Crippen LogP) is -0.212. The summed E-state index contributed by atoms with van der Waals surface area (Å²) in [6.07, 6.45) is 2.22. The number of hydrogen-bond acceptors (Lipinski definition) is 4. The maximum atomic E-state index is 11.1. The minimum Gasteiger partial charge on any atom is -0.464 e. The maximum Gasteiger partial charge on any atom is 0.328 e. The van der Waals surface area contributed by atoms with Crippen LogP contribution in [0.5, 0.6) is 0 Å². The SMILES string of the molecule is CCOC(=O)C1CC(CO)=CN1. The third kappa shape index (κ3) is 1.98. The monoisotopic (exact) mass is 171 g/mol. The molecule has 4 heteroatoms. The van der Waals surface area contributed by atoms with Crippen LogP contribution in [0.4, 0.5) is 0 Å². The second-order valence-electron chi connectivity index (χ2n) is 2.64. The van der Waals surface area contributed by atoms with Crippen LogP contribution in [0.1, 0.15) is 13.3 Å². The number of hydrogen-bond donors (Lipinski definition) is 2. The molecule has 2 N–H and O–H groups in total. The summed E-state index contributed by atoms with van der Waals surface area (Å²) in [4.78, 5) is 11.1. The van der Waals surface area contributed by atoms with Crippen LogP contribution in [-0.4, -0.2) is 30.3 Å². The van der Waals surface area contributed by atoms with Crippen LogP contribution in [0, 0.1) is 0 Å². The maximum absolute atomic E-state index is 11.1. The van der Waals surface area contributed by atoms with Gasteiger partial charge in [-0.3, -0.25) is 0 Å². The Kier molecular flexibility index (Phi) is 3.10. The van der Waals surface area contributed by atoms with Crippen molar-refractivity contribution in [2.45, 2.75) is 19.4 Å². The van der Waals surface area contributed by atoms with E-state index in [1.807, 2.05) is 0 Å². The van der Waals surface area contributed by atoms with Crippen molar-refractivity contribution in [2.24, 2.45) is 0 Å². The van der Waals surface area contributed by atoms with E-state index in [0.717, 1.165) is 5.57 Å². The van der Waals surface area contributed by atoms with Crippen LogP contribution in [0.25, 0.3) is 0 Å². The Bertz CT molecular complexity index is 200. The number of carbonyl (C=O) groups excluding carboxylic acids is 1. The largest absolute Gasteiger partial charge is 0.464 e. The molecule has 1 rings (SSSR count). The van der Waals surface area contributed by atoms with Crippen molar-refractivity contribution >= 4 is 5.97 Å². The van der Waals surface area contributed by atoms with Crippen LogP contribution in [0.2, 0.25) is 0 Å². The molecular formula is C8H13NO3. The number of rotatable bonds is 3. The molecule has 0 amide bonds. The first-order valence-corrected chi connectivity index (χ1v) is 3.99. The summed E-state index contributed by atoms with van der Waals surface area (Å²) in [6, 6.07) is -0.299. The summed E-state index contributed by atoms with van der Waals surface area (Å²) in [5.74, 6) is -0.253. The van der Waals surface area contributed by atoms with Crippen LogP contribution in [-0.2, 0) is 9.53 Å². The molecule has 4 nitrogen and oxygen atoms in total. The van der Waals surface area contributed by atoms with Gasteiger partial charge in [-0.1, -0.05) is 0 Å². The van der Waals surface area contributed by atoms with Crippen molar-refractivity contribution in [1.82, 2.24) is 5.32 Å². The fourth-order valence-corrected chi connectivity index (χ4v) is 1.10. The quantitative estimate of drug-likeness (QED) is 0.577. The molecule has 68 valence electrons. The molecule has 1 aliphatic heterocycles. The second kappa shape index (κ2) is 4.11. The molecule has 1 aliphatic rings. The first kappa shape index (κ1) is 9.06. The minimum atomic E-state index is -0.299. The topological polar surface area (TPSA) is 58.6 Å². The lowest BCUT2D eigenvalue weighted by Crippen LogP contribution is -2.31. The molecule has 0 spiro atoms. The van der Waals surface area contributed by atoms with E-state index in [9.17, 15) is 4.79 Å². The highest BCUT2D eigenvalue weighted by atomic mass is 16.5. The summed E-state index contributed by atoms with van der Waals surface area (Å²) in [6.45, 7) is 2.17. The summed E-state index contributed by atoms with van der Waals surface area (Å²) in [7, 11) is 0. The van der Waals surface area contributed by atoms with Crippen LogP contribution in [0.3, 0.4) is 0 Å². The fourth-order valence-electron chi connectivity index (χ4n) is 1.10. The molecule has 0 aromatic heterocycles.